The Morgan fingerprint density at radius 2 is 1.73 bits per heavy atom. The van der Waals surface area contributed by atoms with E-state index in [9.17, 15) is 18.0 Å². The standard InChI is InChI=1S/C22H30F3N3O2/c23-22(24,25)18-3-1-4-19(15-18)26-9-11-27(12-10-26)20-5-2-8-28(16-20)21(29)17-6-13-30-14-7-17/h1,3-4,15,17,20H,2,5-14,16H2/t20-/m0/s1. The Morgan fingerprint density at radius 3 is 2.43 bits per heavy atom. The van der Waals surface area contributed by atoms with E-state index in [0.717, 1.165) is 57.9 Å². The lowest BCUT2D eigenvalue weighted by atomic mass is 9.96. The summed E-state index contributed by atoms with van der Waals surface area (Å²) in [6.07, 6.45) is -0.611. The molecule has 166 valence electrons. The zero-order valence-corrected chi connectivity index (χ0v) is 17.2. The Labute approximate surface area is 175 Å². The molecule has 3 fully saturated rings. The third-order valence-electron chi connectivity index (χ3n) is 6.65. The van der Waals surface area contributed by atoms with Gasteiger partial charge in [0.1, 0.15) is 0 Å². The van der Waals surface area contributed by atoms with Crippen LogP contribution in [0, 0.1) is 5.92 Å². The number of ether oxygens (including phenoxy) is 1. The van der Waals surface area contributed by atoms with E-state index in [-0.39, 0.29) is 11.8 Å². The van der Waals surface area contributed by atoms with E-state index >= 15 is 0 Å². The summed E-state index contributed by atoms with van der Waals surface area (Å²) < 4.78 is 44.4. The SMILES string of the molecule is O=C(C1CCOCC1)N1CCC[C@H](N2CCN(c3cccc(C(F)(F)F)c3)CC2)C1. The van der Waals surface area contributed by atoms with Gasteiger partial charge in [-0.25, -0.2) is 0 Å². The van der Waals surface area contributed by atoms with E-state index < -0.39 is 11.7 Å². The summed E-state index contributed by atoms with van der Waals surface area (Å²) in [6, 6.07) is 5.92. The fraction of sp³-hybridized carbons (Fsp3) is 0.682. The van der Waals surface area contributed by atoms with Crippen molar-refractivity contribution in [1.82, 2.24) is 9.80 Å². The first-order chi connectivity index (χ1) is 14.4. The van der Waals surface area contributed by atoms with Crippen LogP contribution in [-0.4, -0.2) is 74.2 Å². The minimum atomic E-state index is -4.32. The lowest BCUT2D eigenvalue weighted by molar-refractivity contribution is -0.141. The lowest BCUT2D eigenvalue weighted by Crippen LogP contribution is -2.56. The van der Waals surface area contributed by atoms with Gasteiger partial charge in [-0.15, -0.1) is 0 Å². The van der Waals surface area contributed by atoms with Crippen molar-refractivity contribution in [1.29, 1.82) is 0 Å². The van der Waals surface area contributed by atoms with Crippen LogP contribution < -0.4 is 4.90 Å². The molecule has 3 aliphatic rings. The molecular weight excluding hydrogens is 395 g/mol. The van der Waals surface area contributed by atoms with Gasteiger partial charge in [0, 0.05) is 70.1 Å². The van der Waals surface area contributed by atoms with E-state index in [1.807, 2.05) is 9.80 Å². The highest BCUT2D eigenvalue weighted by Gasteiger charge is 2.34. The monoisotopic (exact) mass is 425 g/mol. The molecule has 0 aliphatic carbocycles. The highest BCUT2D eigenvalue weighted by molar-refractivity contribution is 5.79. The van der Waals surface area contributed by atoms with Crippen molar-refractivity contribution in [2.75, 3.05) is 57.4 Å². The number of hydrogen-bond donors (Lipinski definition) is 0. The maximum atomic E-state index is 13.0. The Morgan fingerprint density at radius 1 is 1.00 bits per heavy atom. The molecule has 1 atom stereocenters. The van der Waals surface area contributed by atoms with Crippen LogP contribution in [0.3, 0.4) is 0 Å². The van der Waals surface area contributed by atoms with Gasteiger partial charge in [0.2, 0.25) is 5.91 Å². The maximum absolute atomic E-state index is 13.0. The zero-order chi connectivity index (χ0) is 21.1. The van der Waals surface area contributed by atoms with Gasteiger partial charge in [0.05, 0.1) is 5.56 Å². The molecule has 0 aromatic heterocycles. The van der Waals surface area contributed by atoms with Crippen LogP contribution in [0.5, 0.6) is 0 Å². The number of anilines is 1. The molecule has 1 amide bonds. The van der Waals surface area contributed by atoms with Crippen molar-refractivity contribution in [3.8, 4) is 0 Å². The van der Waals surface area contributed by atoms with Crippen LogP contribution in [-0.2, 0) is 15.7 Å². The second-order valence-electron chi connectivity index (χ2n) is 8.54. The Hall–Kier alpha value is -1.80. The van der Waals surface area contributed by atoms with E-state index in [2.05, 4.69) is 4.90 Å². The molecular formula is C22H30F3N3O2. The van der Waals surface area contributed by atoms with Gasteiger partial charge in [-0.3, -0.25) is 9.69 Å². The Balaban J connectivity index is 1.32. The summed E-state index contributed by atoms with van der Waals surface area (Å²) >= 11 is 0. The number of likely N-dealkylation sites (tertiary alicyclic amines) is 1. The first-order valence-electron chi connectivity index (χ1n) is 10.9. The molecule has 3 aliphatic heterocycles. The smallest absolute Gasteiger partial charge is 0.381 e. The number of nitrogens with zero attached hydrogens (tertiary/aromatic N) is 3. The predicted molar refractivity (Wildman–Crippen MR) is 108 cm³/mol. The third-order valence-corrected chi connectivity index (χ3v) is 6.65. The summed E-state index contributed by atoms with van der Waals surface area (Å²) in [5.41, 5.74) is 0.0291. The normalized spacial score (nSPS) is 24.8. The maximum Gasteiger partial charge on any atom is 0.416 e. The van der Waals surface area contributed by atoms with Crippen LogP contribution in [0.25, 0.3) is 0 Å². The molecule has 3 saturated heterocycles. The average Bonchev–Trinajstić information content (AvgIpc) is 2.79. The van der Waals surface area contributed by atoms with Crippen molar-refractivity contribution in [2.45, 2.75) is 37.9 Å². The quantitative estimate of drug-likeness (QED) is 0.745. The Kier molecular flexibility index (Phi) is 6.53. The van der Waals surface area contributed by atoms with E-state index in [0.29, 0.717) is 38.0 Å². The van der Waals surface area contributed by atoms with Gasteiger partial charge in [0.15, 0.2) is 0 Å². The number of carbonyl (C=O) groups excluding carboxylic acids is 1. The molecule has 3 heterocycles. The fourth-order valence-electron chi connectivity index (χ4n) is 4.88. The van der Waals surface area contributed by atoms with Gasteiger partial charge in [-0.05, 0) is 43.9 Å². The van der Waals surface area contributed by atoms with Gasteiger partial charge in [-0.1, -0.05) is 6.07 Å². The molecule has 0 N–H and O–H groups in total. The van der Waals surface area contributed by atoms with Gasteiger partial charge >= 0.3 is 6.18 Å². The largest absolute Gasteiger partial charge is 0.416 e. The summed E-state index contributed by atoms with van der Waals surface area (Å²) in [5, 5.41) is 0. The summed E-state index contributed by atoms with van der Waals surface area (Å²) in [4.78, 5) is 19.4. The van der Waals surface area contributed by atoms with Gasteiger partial charge in [0.25, 0.3) is 0 Å². The molecule has 0 unspecified atom stereocenters. The van der Waals surface area contributed by atoms with Gasteiger partial charge in [-0.2, -0.15) is 13.2 Å². The molecule has 30 heavy (non-hydrogen) atoms. The number of halogens is 3. The predicted octanol–water partition coefficient (Wildman–Crippen LogP) is 3.25. The summed E-state index contributed by atoms with van der Waals surface area (Å²) in [6.45, 7) is 5.95. The van der Waals surface area contributed by atoms with Crippen molar-refractivity contribution in [3.05, 3.63) is 29.8 Å². The highest BCUT2D eigenvalue weighted by atomic mass is 19.4. The van der Waals surface area contributed by atoms with Crippen molar-refractivity contribution in [2.24, 2.45) is 5.92 Å². The first-order valence-corrected chi connectivity index (χ1v) is 10.9. The van der Waals surface area contributed by atoms with Gasteiger partial charge < -0.3 is 14.5 Å². The molecule has 4 rings (SSSR count). The van der Waals surface area contributed by atoms with Crippen molar-refractivity contribution in [3.63, 3.8) is 0 Å². The zero-order valence-electron chi connectivity index (χ0n) is 17.2. The minimum absolute atomic E-state index is 0.0928. The molecule has 0 bridgehead atoms. The second-order valence-corrected chi connectivity index (χ2v) is 8.54. The number of amides is 1. The lowest BCUT2D eigenvalue weighted by Gasteiger charge is -2.44. The molecule has 8 heteroatoms. The highest BCUT2D eigenvalue weighted by Crippen LogP contribution is 2.32. The number of carbonyl (C=O) groups is 1. The summed E-state index contributed by atoms with van der Waals surface area (Å²) in [5.74, 6) is 0.362. The van der Waals surface area contributed by atoms with E-state index in [1.165, 1.54) is 12.1 Å². The minimum Gasteiger partial charge on any atom is -0.381 e. The molecule has 0 spiro atoms. The number of hydrogen-bond acceptors (Lipinski definition) is 4. The molecule has 0 saturated carbocycles. The number of alkyl halides is 3. The van der Waals surface area contributed by atoms with E-state index in [4.69, 9.17) is 4.74 Å². The van der Waals surface area contributed by atoms with Crippen LogP contribution in [0.15, 0.2) is 24.3 Å². The number of benzene rings is 1. The van der Waals surface area contributed by atoms with Crippen LogP contribution in [0.1, 0.15) is 31.2 Å². The number of rotatable bonds is 3. The van der Waals surface area contributed by atoms with Crippen LogP contribution in [0.2, 0.25) is 0 Å². The van der Waals surface area contributed by atoms with Crippen molar-refractivity contribution >= 4 is 11.6 Å². The average molecular weight is 425 g/mol. The first kappa shape index (κ1) is 21.4. The second kappa shape index (κ2) is 9.14. The molecule has 1 aromatic carbocycles. The topological polar surface area (TPSA) is 36.0 Å². The number of piperidine rings is 1. The van der Waals surface area contributed by atoms with Crippen LogP contribution >= 0.6 is 0 Å². The fourth-order valence-corrected chi connectivity index (χ4v) is 4.88. The number of piperazine rings is 1. The summed E-state index contributed by atoms with van der Waals surface area (Å²) in [7, 11) is 0. The molecule has 1 aromatic rings. The van der Waals surface area contributed by atoms with Crippen molar-refractivity contribution < 1.29 is 22.7 Å². The van der Waals surface area contributed by atoms with E-state index in [1.54, 1.807) is 6.07 Å². The van der Waals surface area contributed by atoms with Crippen LogP contribution in [0.4, 0.5) is 18.9 Å². The molecule has 5 nitrogen and oxygen atoms in total. The third kappa shape index (κ3) is 4.91. The Bertz CT molecular complexity index is 729. The molecule has 0 radical (unpaired) electrons.